The zero-order valence-electron chi connectivity index (χ0n) is 13.2. The molecule has 6 N–H and O–H groups in total. The van der Waals surface area contributed by atoms with E-state index >= 15 is 0 Å². The van der Waals surface area contributed by atoms with Crippen LogP contribution in [0.4, 0.5) is 0 Å². The van der Waals surface area contributed by atoms with Crippen molar-refractivity contribution in [2.24, 2.45) is 17.2 Å². The van der Waals surface area contributed by atoms with Gasteiger partial charge in [-0.2, -0.15) is 0 Å². The summed E-state index contributed by atoms with van der Waals surface area (Å²) in [5, 5.41) is 0. The Labute approximate surface area is 114 Å². The Morgan fingerprint density at radius 2 is 0.944 bits per heavy atom. The van der Waals surface area contributed by atoms with Crippen LogP contribution in [0.5, 0.6) is 0 Å². The van der Waals surface area contributed by atoms with E-state index in [2.05, 4.69) is 34.6 Å². The third kappa shape index (κ3) is 6.72. The van der Waals surface area contributed by atoms with Crippen molar-refractivity contribution in [3.8, 4) is 0 Å². The molecule has 3 heteroatoms. The average Bonchev–Trinajstić information content (AvgIpc) is 2.34. The summed E-state index contributed by atoms with van der Waals surface area (Å²) in [6, 6.07) is 0. The Morgan fingerprint density at radius 1 is 0.611 bits per heavy atom. The van der Waals surface area contributed by atoms with Crippen molar-refractivity contribution in [3.05, 3.63) is 0 Å². The van der Waals surface area contributed by atoms with E-state index < -0.39 is 0 Å². The van der Waals surface area contributed by atoms with E-state index in [1.54, 1.807) is 0 Å². The van der Waals surface area contributed by atoms with Crippen LogP contribution in [0.25, 0.3) is 0 Å². The molecule has 0 radical (unpaired) electrons. The Kier molecular flexibility index (Phi) is 6.83. The maximum Gasteiger partial charge on any atom is 0.0153 e. The molecule has 2 atom stereocenters. The molecule has 0 amide bonds. The molecule has 0 aromatic carbocycles. The van der Waals surface area contributed by atoms with E-state index in [1.807, 2.05) is 0 Å². The summed E-state index contributed by atoms with van der Waals surface area (Å²) in [6.45, 7) is 10.7. The minimum absolute atomic E-state index is 0.0867. The molecular weight excluding hydrogens is 222 g/mol. The highest BCUT2D eigenvalue weighted by Crippen LogP contribution is 2.27. The standard InChI is InChI=1S/C15H35N3/c1-6-13(4,16)9-11-15(18,8-3)12-10-14(5,17)7-2/h6-12,16-18H2,1-5H3. The van der Waals surface area contributed by atoms with Crippen LogP contribution in [0.3, 0.4) is 0 Å². The van der Waals surface area contributed by atoms with Crippen LogP contribution in [0.2, 0.25) is 0 Å². The second-order valence-electron chi connectivity index (χ2n) is 6.73. The van der Waals surface area contributed by atoms with Gasteiger partial charge in [0.1, 0.15) is 0 Å². The normalized spacial score (nSPS) is 22.0. The fourth-order valence-electron chi connectivity index (χ4n) is 1.90. The summed E-state index contributed by atoms with van der Waals surface area (Å²) in [5.41, 5.74) is 18.6. The van der Waals surface area contributed by atoms with Crippen molar-refractivity contribution < 1.29 is 0 Å². The van der Waals surface area contributed by atoms with Gasteiger partial charge < -0.3 is 17.2 Å². The second-order valence-corrected chi connectivity index (χ2v) is 6.73. The number of hydrogen-bond donors (Lipinski definition) is 3. The van der Waals surface area contributed by atoms with Gasteiger partial charge in [-0.15, -0.1) is 0 Å². The molecule has 0 aromatic heterocycles. The Balaban J connectivity index is 4.35. The first-order valence-electron chi connectivity index (χ1n) is 7.46. The highest BCUT2D eigenvalue weighted by molar-refractivity contribution is 4.90. The molecule has 3 nitrogen and oxygen atoms in total. The summed E-state index contributed by atoms with van der Waals surface area (Å²) in [5.74, 6) is 0. The molecule has 0 spiro atoms. The van der Waals surface area contributed by atoms with E-state index in [-0.39, 0.29) is 16.6 Å². The van der Waals surface area contributed by atoms with Gasteiger partial charge in [0.25, 0.3) is 0 Å². The molecular formula is C15H35N3. The molecule has 2 unspecified atom stereocenters. The molecule has 0 saturated heterocycles. The van der Waals surface area contributed by atoms with Gasteiger partial charge in [0, 0.05) is 16.6 Å². The minimum atomic E-state index is -0.106. The smallest absolute Gasteiger partial charge is 0.0153 e. The van der Waals surface area contributed by atoms with Gasteiger partial charge in [0.2, 0.25) is 0 Å². The van der Waals surface area contributed by atoms with Gasteiger partial charge >= 0.3 is 0 Å². The topological polar surface area (TPSA) is 78.1 Å². The van der Waals surface area contributed by atoms with Crippen LogP contribution >= 0.6 is 0 Å². The maximum absolute atomic E-state index is 6.51. The van der Waals surface area contributed by atoms with E-state index in [0.717, 1.165) is 44.9 Å². The lowest BCUT2D eigenvalue weighted by atomic mass is 9.78. The van der Waals surface area contributed by atoms with Gasteiger partial charge in [0.15, 0.2) is 0 Å². The number of nitrogens with two attached hydrogens (primary N) is 3. The first kappa shape index (κ1) is 17.9. The van der Waals surface area contributed by atoms with Crippen LogP contribution in [0.1, 0.15) is 79.6 Å². The Hall–Kier alpha value is -0.120. The van der Waals surface area contributed by atoms with Crippen LogP contribution in [-0.4, -0.2) is 16.6 Å². The summed E-state index contributed by atoms with van der Waals surface area (Å²) in [7, 11) is 0. The third-order valence-electron chi connectivity index (χ3n) is 4.71. The molecule has 0 aromatic rings. The highest BCUT2D eigenvalue weighted by Gasteiger charge is 2.29. The highest BCUT2D eigenvalue weighted by atomic mass is 14.8. The van der Waals surface area contributed by atoms with Crippen LogP contribution in [0.15, 0.2) is 0 Å². The first-order valence-corrected chi connectivity index (χ1v) is 7.46. The molecule has 0 saturated carbocycles. The van der Waals surface area contributed by atoms with Crippen molar-refractivity contribution in [2.75, 3.05) is 0 Å². The lowest BCUT2D eigenvalue weighted by Gasteiger charge is -2.35. The average molecular weight is 257 g/mol. The third-order valence-corrected chi connectivity index (χ3v) is 4.71. The van der Waals surface area contributed by atoms with E-state index in [4.69, 9.17) is 17.2 Å². The molecule has 0 aliphatic carbocycles. The molecule has 0 aliphatic heterocycles. The summed E-state index contributed by atoms with van der Waals surface area (Å²) in [6.07, 6.45) is 6.94. The van der Waals surface area contributed by atoms with Crippen molar-refractivity contribution in [2.45, 2.75) is 96.2 Å². The lowest BCUT2D eigenvalue weighted by molar-refractivity contribution is 0.262. The molecule has 0 rings (SSSR count). The monoisotopic (exact) mass is 257 g/mol. The van der Waals surface area contributed by atoms with Gasteiger partial charge in [-0.05, 0) is 58.8 Å². The minimum Gasteiger partial charge on any atom is -0.325 e. The molecule has 0 fully saturated rings. The number of rotatable bonds is 9. The largest absolute Gasteiger partial charge is 0.325 e. The quantitative estimate of drug-likeness (QED) is 0.594. The zero-order chi connectivity index (χ0) is 14.4. The molecule has 110 valence electrons. The summed E-state index contributed by atoms with van der Waals surface area (Å²) < 4.78 is 0. The Bertz CT molecular complexity index is 214. The fraction of sp³-hybridized carbons (Fsp3) is 1.00. The summed E-state index contributed by atoms with van der Waals surface area (Å²) >= 11 is 0. The Morgan fingerprint density at radius 3 is 1.17 bits per heavy atom. The molecule has 18 heavy (non-hydrogen) atoms. The second kappa shape index (κ2) is 6.88. The molecule has 0 aliphatic rings. The SMILES string of the molecule is CCC(C)(N)CCC(N)(CC)CCC(C)(N)CC. The van der Waals surface area contributed by atoms with Crippen LogP contribution in [0, 0.1) is 0 Å². The van der Waals surface area contributed by atoms with Crippen molar-refractivity contribution in [3.63, 3.8) is 0 Å². The number of hydrogen-bond acceptors (Lipinski definition) is 3. The van der Waals surface area contributed by atoms with Gasteiger partial charge in [-0.1, -0.05) is 20.8 Å². The zero-order valence-corrected chi connectivity index (χ0v) is 13.2. The van der Waals surface area contributed by atoms with Crippen LogP contribution < -0.4 is 17.2 Å². The van der Waals surface area contributed by atoms with Crippen molar-refractivity contribution >= 4 is 0 Å². The lowest BCUT2D eigenvalue weighted by Crippen LogP contribution is -2.46. The van der Waals surface area contributed by atoms with Gasteiger partial charge in [0.05, 0.1) is 0 Å². The molecule has 0 heterocycles. The predicted molar refractivity (Wildman–Crippen MR) is 81.4 cm³/mol. The maximum atomic E-state index is 6.51. The van der Waals surface area contributed by atoms with Gasteiger partial charge in [-0.3, -0.25) is 0 Å². The molecule has 0 bridgehead atoms. The predicted octanol–water partition coefficient (Wildman–Crippen LogP) is 2.91. The van der Waals surface area contributed by atoms with Gasteiger partial charge in [-0.25, -0.2) is 0 Å². The first-order chi connectivity index (χ1) is 8.10. The van der Waals surface area contributed by atoms with Crippen LogP contribution in [-0.2, 0) is 0 Å². The van der Waals surface area contributed by atoms with Crippen molar-refractivity contribution in [1.29, 1.82) is 0 Å². The van der Waals surface area contributed by atoms with E-state index in [1.165, 1.54) is 0 Å². The fourth-order valence-corrected chi connectivity index (χ4v) is 1.90. The van der Waals surface area contributed by atoms with Crippen molar-refractivity contribution in [1.82, 2.24) is 0 Å². The van der Waals surface area contributed by atoms with E-state index in [9.17, 15) is 0 Å². The van der Waals surface area contributed by atoms with E-state index in [0.29, 0.717) is 0 Å². The summed E-state index contributed by atoms with van der Waals surface area (Å²) in [4.78, 5) is 0.